The lowest BCUT2D eigenvalue weighted by Gasteiger charge is -2.34. The lowest BCUT2D eigenvalue weighted by atomic mass is 9.96. The standard InChI is InChI=1S/C26H32N2O5/c1-5-26(4,24(31)28(6-2)15-17(3)23(29)30)27-25(32)33-16-22-20-13-9-7-11-18(20)19-12-8-10-14-21(19)22/h7-14,17,22H,5-6,15-16H2,1-4H3,(H,27,32)(H,29,30). The fourth-order valence-corrected chi connectivity index (χ4v) is 4.27. The van der Waals surface area contributed by atoms with Gasteiger partial charge in [-0.05, 0) is 42.5 Å². The van der Waals surface area contributed by atoms with Crippen molar-refractivity contribution in [3.63, 3.8) is 0 Å². The molecular weight excluding hydrogens is 420 g/mol. The van der Waals surface area contributed by atoms with Crippen LogP contribution in [0.2, 0.25) is 0 Å². The minimum Gasteiger partial charge on any atom is -0.481 e. The number of alkyl carbamates (subject to hydrolysis) is 1. The van der Waals surface area contributed by atoms with Crippen LogP contribution in [-0.2, 0) is 14.3 Å². The summed E-state index contributed by atoms with van der Waals surface area (Å²) in [6.45, 7) is 7.36. The van der Waals surface area contributed by atoms with E-state index in [1.807, 2.05) is 36.4 Å². The van der Waals surface area contributed by atoms with E-state index in [9.17, 15) is 19.5 Å². The number of likely N-dealkylation sites (N-methyl/N-ethyl adjacent to an activating group) is 1. The van der Waals surface area contributed by atoms with Crippen LogP contribution < -0.4 is 5.32 Å². The molecule has 0 radical (unpaired) electrons. The molecule has 0 spiro atoms. The van der Waals surface area contributed by atoms with Crippen molar-refractivity contribution in [1.29, 1.82) is 0 Å². The maximum Gasteiger partial charge on any atom is 0.408 e. The number of ether oxygens (including phenoxy) is 1. The number of carbonyl (C=O) groups excluding carboxylic acids is 2. The molecule has 7 heteroatoms. The Morgan fingerprint density at radius 3 is 2.09 bits per heavy atom. The molecule has 0 bridgehead atoms. The number of carboxylic acids is 1. The number of rotatable bonds is 9. The fraction of sp³-hybridized carbons (Fsp3) is 0.423. The molecule has 2 N–H and O–H groups in total. The zero-order valence-electron chi connectivity index (χ0n) is 19.6. The van der Waals surface area contributed by atoms with E-state index < -0.39 is 23.5 Å². The van der Waals surface area contributed by atoms with Crippen molar-refractivity contribution in [3.05, 3.63) is 59.7 Å². The summed E-state index contributed by atoms with van der Waals surface area (Å²) >= 11 is 0. The van der Waals surface area contributed by atoms with Crippen molar-refractivity contribution in [2.75, 3.05) is 19.7 Å². The first-order valence-corrected chi connectivity index (χ1v) is 11.4. The Kier molecular flexibility index (Phi) is 7.41. The summed E-state index contributed by atoms with van der Waals surface area (Å²) in [7, 11) is 0. The van der Waals surface area contributed by atoms with Gasteiger partial charge in [0.25, 0.3) is 0 Å². The zero-order valence-corrected chi connectivity index (χ0v) is 19.6. The quantitative estimate of drug-likeness (QED) is 0.593. The van der Waals surface area contributed by atoms with Crippen molar-refractivity contribution in [3.8, 4) is 11.1 Å². The van der Waals surface area contributed by atoms with Crippen molar-refractivity contribution in [2.45, 2.75) is 45.6 Å². The van der Waals surface area contributed by atoms with Crippen LogP contribution in [0.25, 0.3) is 11.1 Å². The van der Waals surface area contributed by atoms with E-state index in [0.29, 0.717) is 13.0 Å². The van der Waals surface area contributed by atoms with E-state index in [4.69, 9.17) is 4.74 Å². The minimum atomic E-state index is -1.20. The van der Waals surface area contributed by atoms with Crippen LogP contribution in [0.3, 0.4) is 0 Å². The second-order valence-corrected chi connectivity index (χ2v) is 8.72. The van der Waals surface area contributed by atoms with Crippen molar-refractivity contribution in [1.82, 2.24) is 10.2 Å². The first kappa shape index (κ1) is 24.3. The summed E-state index contributed by atoms with van der Waals surface area (Å²) in [4.78, 5) is 38.6. The number of carboxylic acid groups (broad SMARTS) is 1. The van der Waals surface area contributed by atoms with Gasteiger partial charge in [0.05, 0.1) is 5.92 Å². The molecule has 2 aromatic carbocycles. The van der Waals surface area contributed by atoms with Crippen LogP contribution in [-0.4, -0.2) is 53.2 Å². The van der Waals surface area contributed by atoms with Crippen molar-refractivity contribution < 1.29 is 24.2 Å². The van der Waals surface area contributed by atoms with Gasteiger partial charge < -0.3 is 20.1 Å². The maximum absolute atomic E-state index is 13.2. The van der Waals surface area contributed by atoms with E-state index in [-0.39, 0.29) is 25.0 Å². The van der Waals surface area contributed by atoms with Crippen LogP contribution in [0.15, 0.2) is 48.5 Å². The Morgan fingerprint density at radius 1 is 1.06 bits per heavy atom. The van der Waals surface area contributed by atoms with Crippen LogP contribution >= 0.6 is 0 Å². The average molecular weight is 453 g/mol. The molecule has 2 unspecified atom stereocenters. The molecule has 1 aliphatic rings. The third kappa shape index (κ3) is 5.02. The maximum atomic E-state index is 13.2. The molecule has 0 saturated heterocycles. The molecule has 0 aliphatic heterocycles. The summed E-state index contributed by atoms with van der Waals surface area (Å²) < 4.78 is 5.61. The third-order valence-electron chi connectivity index (χ3n) is 6.49. The normalized spacial score (nSPS) is 15.0. The predicted molar refractivity (Wildman–Crippen MR) is 126 cm³/mol. The van der Waals surface area contributed by atoms with Gasteiger partial charge in [0, 0.05) is 19.0 Å². The number of fused-ring (bicyclic) bond motifs is 3. The summed E-state index contributed by atoms with van der Waals surface area (Å²) in [5, 5.41) is 11.9. The molecule has 1 aliphatic carbocycles. The van der Waals surface area contributed by atoms with Crippen LogP contribution in [0.5, 0.6) is 0 Å². The largest absolute Gasteiger partial charge is 0.481 e. The Hall–Kier alpha value is -3.35. The van der Waals surface area contributed by atoms with Gasteiger partial charge >= 0.3 is 12.1 Å². The molecule has 176 valence electrons. The number of carbonyl (C=O) groups is 3. The molecule has 7 nitrogen and oxygen atoms in total. The predicted octanol–water partition coefficient (Wildman–Crippen LogP) is 4.26. The Balaban J connectivity index is 1.69. The first-order chi connectivity index (χ1) is 15.7. The van der Waals surface area contributed by atoms with Gasteiger partial charge in [0.2, 0.25) is 5.91 Å². The third-order valence-corrected chi connectivity index (χ3v) is 6.49. The highest BCUT2D eigenvalue weighted by Crippen LogP contribution is 2.44. The number of nitrogens with one attached hydrogen (secondary N) is 1. The highest BCUT2D eigenvalue weighted by molar-refractivity contribution is 5.90. The molecule has 0 fully saturated rings. The number of aliphatic carboxylic acids is 1. The van der Waals surface area contributed by atoms with Crippen molar-refractivity contribution in [2.24, 2.45) is 5.92 Å². The van der Waals surface area contributed by atoms with Crippen LogP contribution in [0.4, 0.5) is 4.79 Å². The number of nitrogens with zero attached hydrogens (tertiary/aromatic N) is 1. The molecule has 0 aromatic heterocycles. The molecule has 2 aromatic rings. The van der Waals surface area contributed by atoms with Gasteiger partial charge in [0.15, 0.2) is 0 Å². The lowest BCUT2D eigenvalue weighted by molar-refractivity contribution is -0.144. The topological polar surface area (TPSA) is 95.9 Å². The summed E-state index contributed by atoms with van der Waals surface area (Å²) in [6, 6.07) is 16.2. The van der Waals surface area contributed by atoms with Crippen molar-refractivity contribution >= 4 is 18.0 Å². The Labute approximate surface area is 194 Å². The summed E-state index contributed by atoms with van der Waals surface area (Å²) in [5.74, 6) is -2.07. The van der Waals surface area contributed by atoms with Crippen LogP contribution in [0.1, 0.15) is 51.2 Å². The number of hydrogen-bond donors (Lipinski definition) is 2. The van der Waals surface area contributed by atoms with E-state index in [1.54, 1.807) is 27.7 Å². The second-order valence-electron chi connectivity index (χ2n) is 8.72. The van der Waals surface area contributed by atoms with Gasteiger partial charge in [-0.1, -0.05) is 62.4 Å². The van der Waals surface area contributed by atoms with Crippen LogP contribution in [0, 0.1) is 5.92 Å². The molecule has 2 amide bonds. The van der Waals surface area contributed by atoms with E-state index >= 15 is 0 Å². The fourth-order valence-electron chi connectivity index (χ4n) is 4.27. The number of benzene rings is 2. The second kappa shape index (κ2) is 10.1. The number of hydrogen-bond acceptors (Lipinski definition) is 4. The zero-order chi connectivity index (χ0) is 24.2. The first-order valence-electron chi connectivity index (χ1n) is 11.4. The monoisotopic (exact) mass is 452 g/mol. The highest BCUT2D eigenvalue weighted by Gasteiger charge is 2.38. The van der Waals surface area contributed by atoms with E-state index in [0.717, 1.165) is 22.3 Å². The SMILES string of the molecule is CCN(CC(C)C(=O)O)C(=O)C(C)(CC)NC(=O)OCC1c2ccccc2-c2ccccc21. The number of amides is 2. The van der Waals surface area contributed by atoms with E-state index in [2.05, 4.69) is 17.4 Å². The highest BCUT2D eigenvalue weighted by atomic mass is 16.5. The minimum absolute atomic E-state index is 0.0738. The summed E-state index contributed by atoms with van der Waals surface area (Å²) in [5.41, 5.74) is 3.31. The van der Waals surface area contributed by atoms with Gasteiger partial charge in [0.1, 0.15) is 12.1 Å². The van der Waals surface area contributed by atoms with Gasteiger partial charge in [-0.2, -0.15) is 0 Å². The Bertz CT molecular complexity index is 991. The smallest absolute Gasteiger partial charge is 0.408 e. The molecule has 0 heterocycles. The van der Waals surface area contributed by atoms with Gasteiger partial charge in [-0.15, -0.1) is 0 Å². The lowest BCUT2D eigenvalue weighted by Crippen LogP contribution is -2.58. The molecule has 3 rings (SSSR count). The molecule has 33 heavy (non-hydrogen) atoms. The Morgan fingerprint density at radius 2 is 1.61 bits per heavy atom. The molecule has 0 saturated carbocycles. The van der Waals surface area contributed by atoms with Gasteiger partial charge in [-0.3, -0.25) is 9.59 Å². The van der Waals surface area contributed by atoms with Gasteiger partial charge in [-0.25, -0.2) is 4.79 Å². The average Bonchev–Trinajstić information content (AvgIpc) is 3.14. The van der Waals surface area contributed by atoms with E-state index in [1.165, 1.54) is 4.90 Å². The molecule has 2 atom stereocenters. The summed E-state index contributed by atoms with van der Waals surface area (Å²) in [6.07, 6.45) is -0.328. The molecular formula is C26H32N2O5.